The Balaban J connectivity index is 1.45. The van der Waals surface area contributed by atoms with Crippen molar-refractivity contribution < 1.29 is 23.9 Å². The van der Waals surface area contributed by atoms with Gasteiger partial charge in [0, 0.05) is 19.5 Å². The van der Waals surface area contributed by atoms with Crippen molar-refractivity contribution in [2.45, 2.75) is 31.6 Å². The molecule has 2 fully saturated rings. The van der Waals surface area contributed by atoms with Crippen molar-refractivity contribution in [1.82, 2.24) is 25.1 Å². The number of rotatable bonds is 8. The summed E-state index contributed by atoms with van der Waals surface area (Å²) in [6.07, 6.45) is 5.49. The van der Waals surface area contributed by atoms with E-state index in [1.807, 2.05) is 30.3 Å². The number of terminal acetylenes is 1. The number of hydrazine groups is 1. The smallest absolute Gasteiger partial charge is 0.334 e. The van der Waals surface area contributed by atoms with E-state index in [2.05, 4.69) is 11.2 Å². The third-order valence-corrected chi connectivity index (χ3v) is 7.55. The van der Waals surface area contributed by atoms with E-state index in [1.165, 1.54) is 39.2 Å². The number of amides is 4. The molecule has 10 heteroatoms. The minimum Gasteiger partial charge on any atom is -0.508 e. The molecular formula is C32H32FN5O4. The fourth-order valence-corrected chi connectivity index (χ4v) is 5.46. The van der Waals surface area contributed by atoms with E-state index in [0.29, 0.717) is 13.0 Å². The molecule has 42 heavy (non-hydrogen) atoms. The van der Waals surface area contributed by atoms with Gasteiger partial charge in [0.1, 0.15) is 23.8 Å². The van der Waals surface area contributed by atoms with Gasteiger partial charge in [-0.1, -0.05) is 60.5 Å². The molecule has 2 saturated heterocycles. The van der Waals surface area contributed by atoms with Crippen molar-refractivity contribution in [3.8, 4) is 18.1 Å². The predicted molar refractivity (Wildman–Crippen MR) is 154 cm³/mol. The number of carbonyl (C=O) groups is 3. The average Bonchev–Trinajstić information content (AvgIpc) is 2.99. The van der Waals surface area contributed by atoms with Crippen molar-refractivity contribution in [3.05, 3.63) is 101 Å². The fourth-order valence-electron chi connectivity index (χ4n) is 5.46. The van der Waals surface area contributed by atoms with Gasteiger partial charge in [-0.05, 0) is 47.4 Å². The number of fused-ring (bicyclic) bond motifs is 1. The molecule has 5 rings (SSSR count). The molecule has 0 bridgehead atoms. The molecule has 3 aromatic carbocycles. The SMILES string of the molecule is C#CCN1CC(=O)N2[C@@H](Cc3ccc(O)cc3)C(=O)N(CCc3ccc(F)cc3)C[C@@H]2N1C(=O)NCc1ccccc1. The van der Waals surface area contributed by atoms with E-state index in [1.54, 1.807) is 29.2 Å². The van der Waals surface area contributed by atoms with Crippen molar-refractivity contribution in [2.75, 3.05) is 26.2 Å². The first-order valence-electron chi connectivity index (χ1n) is 13.8. The van der Waals surface area contributed by atoms with Crippen molar-refractivity contribution >= 4 is 17.8 Å². The second-order valence-corrected chi connectivity index (χ2v) is 10.3. The molecule has 4 amide bonds. The average molecular weight is 570 g/mol. The summed E-state index contributed by atoms with van der Waals surface area (Å²) in [7, 11) is 0. The summed E-state index contributed by atoms with van der Waals surface area (Å²) in [4.78, 5) is 44.4. The predicted octanol–water partition coefficient (Wildman–Crippen LogP) is 2.76. The first kappa shape index (κ1) is 28.6. The lowest BCUT2D eigenvalue weighted by Gasteiger charge is -2.55. The van der Waals surface area contributed by atoms with Crippen LogP contribution in [0.5, 0.6) is 5.75 Å². The minimum atomic E-state index is -0.883. The first-order chi connectivity index (χ1) is 20.3. The van der Waals surface area contributed by atoms with E-state index in [-0.39, 0.29) is 56.0 Å². The Labute approximate surface area is 244 Å². The van der Waals surface area contributed by atoms with Crippen LogP contribution in [0.15, 0.2) is 78.9 Å². The zero-order valence-corrected chi connectivity index (χ0v) is 23.0. The summed E-state index contributed by atoms with van der Waals surface area (Å²) in [6, 6.07) is 20.7. The van der Waals surface area contributed by atoms with Crippen LogP contribution in [0.1, 0.15) is 16.7 Å². The van der Waals surface area contributed by atoms with Crippen LogP contribution in [0.2, 0.25) is 0 Å². The molecule has 2 heterocycles. The van der Waals surface area contributed by atoms with Gasteiger partial charge in [0.2, 0.25) is 11.8 Å². The second kappa shape index (κ2) is 12.7. The van der Waals surface area contributed by atoms with Gasteiger partial charge in [0.15, 0.2) is 0 Å². The lowest BCUT2D eigenvalue weighted by atomic mass is 9.98. The van der Waals surface area contributed by atoms with Gasteiger partial charge >= 0.3 is 6.03 Å². The van der Waals surface area contributed by atoms with Crippen LogP contribution in [0.25, 0.3) is 0 Å². The Morgan fingerprint density at radius 3 is 2.36 bits per heavy atom. The zero-order chi connectivity index (χ0) is 29.6. The standard InChI is InChI=1S/C32H32FN5O4/c1-2-17-36-22-30(40)37-28(19-24-10-14-27(39)15-11-24)31(41)35(18-16-23-8-12-26(33)13-9-23)21-29(37)38(36)32(42)34-20-25-6-4-3-5-7-25/h1,3-15,28-29,39H,16-22H2,(H,34,42)/t28-,29-/m0/s1. The van der Waals surface area contributed by atoms with Gasteiger partial charge in [-0.2, -0.15) is 5.01 Å². The molecule has 0 saturated carbocycles. The molecule has 0 aromatic heterocycles. The number of nitrogens with zero attached hydrogens (tertiary/aromatic N) is 4. The van der Waals surface area contributed by atoms with Crippen LogP contribution < -0.4 is 5.32 Å². The van der Waals surface area contributed by atoms with E-state index >= 15 is 0 Å². The number of aromatic hydroxyl groups is 1. The van der Waals surface area contributed by atoms with Gasteiger partial charge in [0.05, 0.1) is 19.6 Å². The summed E-state index contributed by atoms with van der Waals surface area (Å²) >= 11 is 0. The van der Waals surface area contributed by atoms with Gasteiger partial charge in [-0.3, -0.25) is 9.59 Å². The molecule has 0 radical (unpaired) electrons. The quantitative estimate of drug-likeness (QED) is 0.407. The highest BCUT2D eigenvalue weighted by atomic mass is 19.1. The van der Waals surface area contributed by atoms with Crippen LogP contribution in [0, 0.1) is 18.2 Å². The molecule has 2 atom stereocenters. The van der Waals surface area contributed by atoms with Gasteiger partial charge in [-0.25, -0.2) is 14.2 Å². The van der Waals surface area contributed by atoms with Crippen molar-refractivity contribution in [2.24, 2.45) is 0 Å². The van der Waals surface area contributed by atoms with Gasteiger partial charge in [0.25, 0.3) is 0 Å². The number of carbonyl (C=O) groups excluding carboxylic acids is 3. The van der Waals surface area contributed by atoms with Gasteiger partial charge < -0.3 is 20.2 Å². The third kappa shape index (κ3) is 6.37. The summed E-state index contributed by atoms with van der Waals surface area (Å²) < 4.78 is 13.5. The Morgan fingerprint density at radius 1 is 0.976 bits per heavy atom. The summed E-state index contributed by atoms with van der Waals surface area (Å²) in [5, 5.41) is 15.7. The number of halogens is 1. The van der Waals surface area contributed by atoms with Crippen LogP contribution in [0.3, 0.4) is 0 Å². The van der Waals surface area contributed by atoms with Crippen LogP contribution in [-0.4, -0.2) is 81.2 Å². The molecule has 0 unspecified atom stereocenters. The molecule has 0 aliphatic carbocycles. The summed E-state index contributed by atoms with van der Waals surface area (Å²) in [5.74, 6) is 1.73. The number of benzene rings is 3. The Kier molecular flexibility index (Phi) is 8.69. The third-order valence-electron chi connectivity index (χ3n) is 7.55. The Bertz CT molecular complexity index is 1460. The number of phenolic OH excluding ortho intramolecular Hbond substituents is 1. The highest BCUT2D eigenvalue weighted by molar-refractivity contribution is 5.91. The molecule has 3 aromatic rings. The lowest BCUT2D eigenvalue weighted by Crippen LogP contribution is -2.76. The highest BCUT2D eigenvalue weighted by Gasteiger charge is 2.51. The number of piperazine rings is 1. The number of hydrogen-bond donors (Lipinski definition) is 2. The zero-order valence-electron chi connectivity index (χ0n) is 23.0. The summed E-state index contributed by atoms with van der Waals surface area (Å²) in [6.45, 7) is 0.529. The van der Waals surface area contributed by atoms with Crippen LogP contribution in [-0.2, 0) is 29.0 Å². The molecule has 9 nitrogen and oxygen atoms in total. The Morgan fingerprint density at radius 2 is 1.67 bits per heavy atom. The molecule has 216 valence electrons. The monoisotopic (exact) mass is 569 g/mol. The number of urea groups is 1. The molecule has 2 N–H and O–H groups in total. The maximum atomic E-state index is 13.9. The lowest BCUT2D eigenvalue weighted by molar-refractivity contribution is -0.188. The first-order valence-corrected chi connectivity index (χ1v) is 13.8. The molecular weight excluding hydrogens is 537 g/mol. The Hall–Kier alpha value is -4.88. The van der Waals surface area contributed by atoms with Crippen LogP contribution in [0.4, 0.5) is 9.18 Å². The minimum absolute atomic E-state index is 0.0288. The number of hydrogen-bond acceptors (Lipinski definition) is 5. The van der Waals surface area contributed by atoms with E-state index in [9.17, 15) is 23.9 Å². The molecule has 2 aliphatic rings. The fraction of sp³-hybridized carbons (Fsp3) is 0.281. The van der Waals surface area contributed by atoms with E-state index in [4.69, 9.17) is 6.42 Å². The van der Waals surface area contributed by atoms with Crippen LogP contribution >= 0.6 is 0 Å². The van der Waals surface area contributed by atoms with Gasteiger partial charge in [-0.15, -0.1) is 6.42 Å². The number of nitrogens with one attached hydrogen (secondary N) is 1. The van der Waals surface area contributed by atoms with E-state index < -0.39 is 18.2 Å². The largest absolute Gasteiger partial charge is 0.508 e. The highest BCUT2D eigenvalue weighted by Crippen LogP contribution is 2.29. The maximum Gasteiger partial charge on any atom is 0.334 e. The van der Waals surface area contributed by atoms with Crippen molar-refractivity contribution in [3.63, 3.8) is 0 Å². The molecule has 0 spiro atoms. The maximum absolute atomic E-state index is 13.9. The summed E-state index contributed by atoms with van der Waals surface area (Å²) in [5.41, 5.74) is 2.52. The topological polar surface area (TPSA) is 96.4 Å². The second-order valence-electron chi connectivity index (χ2n) is 10.3. The normalized spacial score (nSPS) is 18.9. The van der Waals surface area contributed by atoms with E-state index in [0.717, 1.165) is 16.7 Å². The molecule has 2 aliphatic heterocycles. The number of phenols is 1. The van der Waals surface area contributed by atoms with Crippen molar-refractivity contribution in [1.29, 1.82) is 0 Å².